The van der Waals surface area contributed by atoms with Gasteiger partial charge in [-0.3, -0.25) is 9.59 Å². The number of aliphatic carboxylic acids is 1. The average Bonchev–Trinajstić information content (AvgIpc) is 2.77. The van der Waals surface area contributed by atoms with Gasteiger partial charge in [0.1, 0.15) is 12.3 Å². The van der Waals surface area contributed by atoms with Gasteiger partial charge >= 0.3 is 11.9 Å². The molecular weight excluding hydrogens is 312 g/mol. The molecule has 0 heterocycles. The van der Waals surface area contributed by atoms with Gasteiger partial charge in [0.25, 0.3) is 0 Å². The van der Waals surface area contributed by atoms with Gasteiger partial charge in [0.2, 0.25) is 0 Å². The van der Waals surface area contributed by atoms with Crippen molar-refractivity contribution in [3.05, 3.63) is 0 Å². The Morgan fingerprint density at radius 2 is 2.08 bits per heavy atom. The van der Waals surface area contributed by atoms with Gasteiger partial charge in [0.15, 0.2) is 0 Å². The maximum atomic E-state index is 11.7. The summed E-state index contributed by atoms with van der Waals surface area (Å²) in [4.78, 5) is 33.9. The van der Waals surface area contributed by atoms with Crippen LogP contribution < -0.4 is 11.1 Å². The van der Waals surface area contributed by atoms with Crippen LogP contribution >= 0.6 is 0 Å². The number of nitrogens with one attached hydrogen (secondary N) is 1. The smallest absolute Gasteiger partial charge is 0.322 e. The number of aldehydes is 1. The van der Waals surface area contributed by atoms with Crippen molar-refractivity contribution in [1.29, 1.82) is 0 Å². The van der Waals surface area contributed by atoms with E-state index in [1.54, 1.807) is 0 Å². The van der Waals surface area contributed by atoms with Gasteiger partial charge < -0.3 is 25.7 Å². The first-order valence-electron chi connectivity index (χ1n) is 8.39. The highest BCUT2D eigenvalue weighted by molar-refractivity contribution is 5.75. The summed E-state index contributed by atoms with van der Waals surface area (Å²) in [7, 11) is 1.28. The van der Waals surface area contributed by atoms with Crippen molar-refractivity contribution in [2.45, 2.75) is 64.6 Å². The third kappa shape index (κ3) is 5.27. The zero-order valence-corrected chi connectivity index (χ0v) is 15.0. The van der Waals surface area contributed by atoms with Gasteiger partial charge in [0.05, 0.1) is 19.6 Å². The first-order valence-corrected chi connectivity index (χ1v) is 8.39. The van der Waals surface area contributed by atoms with Gasteiger partial charge in [-0.15, -0.1) is 0 Å². The molecule has 0 aliphatic heterocycles. The third-order valence-electron chi connectivity index (χ3n) is 5.19. The van der Waals surface area contributed by atoms with E-state index in [4.69, 9.17) is 15.6 Å². The monoisotopic (exact) mass is 342 g/mol. The van der Waals surface area contributed by atoms with Crippen LogP contribution in [0, 0.1) is 17.3 Å². The molecule has 0 aromatic heterocycles. The van der Waals surface area contributed by atoms with E-state index in [0.717, 1.165) is 12.8 Å². The minimum absolute atomic E-state index is 0.0174. The van der Waals surface area contributed by atoms with Crippen LogP contribution in [0.2, 0.25) is 0 Å². The lowest BCUT2D eigenvalue weighted by Gasteiger charge is -2.39. The normalized spacial score (nSPS) is 26.4. The second kappa shape index (κ2) is 8.58. The zero-order valence-electron chi connectivity index (χ0n) is 15.0. The fraction of sp³-hybridized carbons (Fsp3) is 0.824. The first kappa shape index (κ1) is 20.6. The Kier molecular flexibility index (Phi) is 7.35. The Morgan fingerprint density at radius 1 is 1.46 bits per heavy atom. The largest absolute Gasteiger partial charge is 0.481 e. The van der Waals surface area contributed by atoms with Crippen LogP contribution in [0.4, 0.5) is 0 Å². The highest BCUT2D eigenvalue weighted by atomic mass is 16.5. The number of methoxy groups -OCH3 is 1. The molecule has 7 nitrogen and oxygen atoms in total. The standard InChI is InChI=1S/C17H30N2O5/c1-10-5-6-17(2,3)15(10)13(8-12(18)16(23)24-4)19-11(9-20)7-14(21)22/h9-13,15,19H,5-8,18H2,1-4H3,(H,21,22)/t10?,11-,12?,13?,15?/m0/s1. The molecule has 5 atom stereocenters. The fourth-order valence-corrected chi connectivity index (χ4v) is 4.11. The average molecular weight is 342 g/mol. The lowest BCUT2D eigenvalue weighted by molar-refractivity contribution is -0.143. The zero-order chi connectivity index (χ0) is 18.5. The van der Waals surface area contributed by atoms with E-state index in [2.05, 4.69) is 26.1 Å². The van der Waals surface area contributed by atoms with Crippen molar-refractivity contribution in [3.8, 4) is 0 Å². The molecule has 0 radical (unpaired) electrons. The van der Waals surface area contributed by atoms with Gasteiger partial charge in [-0.1, -0.05) is 20.8 Å². The molecule has 0 saturated heterocycles. The van der Waals surface area contributed by atoms with Gasteiger partial charge in [-0.2, -0.15) is 0 Å². The van der Waals surface area contributed by atoms with Crippen molar-refractivity contribution < 1.29 is 24.2 Å². The molecule has 0 bridgehead atoms. The third-order valence-corrected chi connectivity index (χ3v) is 5.19. The lowest BCUT2D eigenvalue weighted by Crippen LogP contribution is -2.52. The highest BCUT2D eigenvalue weighted by Gasteiger charge is 2.45. The van der Waals surface area contributed by atoms with Crippen LogP contribution in [0.15, 0.2) is 0 Å². The summed E-state index contributed by atoms with van der Waals surface area (Å²) in [6.07, 6.45) is 2.70. The van der Waals surface area contributed by atoms with Gasteiger partial charge in [-0.05, 0) is 36.5 Å². The Hall–Kier alpha value is -1.47. The molecule has 1 saturated carbocycles. The summed E-state index contributed by atoms with van der Waals surface area (Å²) < 4.78 is 4.69. The highest BCUT2D eigenvalue weighted by Crippen LogP contribution is 2.48. The summed E-state index contributed by atoms with van der Waals surface area (Å²) >= 11 is 0. The van der Waals surface area contributed by atoms with E-state index >= 15 is 0 Å². The molecule has 1 aliphatic carbocycles. The number of ether oxygens (including phenoxy) is 1. The van der Waals surface area contributed by atoms with E-state index in [9.17, 15) is 14.4 Å². The van der Waals surface area contributed by atoms with Crippen LogP contribution in [0.25, 0.3) is 0 Å². The molecule has 1 aliphatic rings. The van der Waals surface area contributed by atoms with Gasteiger partial charge in [0, 0.05) is 6.04 Å². The van der Waals surface area contributed by atoms with E-state index in [1.807, 2.05) is 0 Å². The quantitative estimate of drug-likeness (QED) is 0.421. The van der Waals surface area contributed by atoms with Crippen molar-refractivity contribution in [2.75, 3.05) is 7.11 Å². The second-order valence-electron chi connectivity index (χ2n) is 7.51. The van der Waals surface area contributed by atoms with Crippen molar-refractivity contribution in [2.24, 2.45) is 23.0 Å². The van der Waals surface area contributed by atoms with E-state index in [0.29, 0.717) is 18.6 Å². The number of hydrogen-bond donors (Lipinski definition) is 3. The number of carbonyl (C=O) groups excluding carboxylic acids is 2. The topological polar surface area (TPSA) is 119 Å². The number of carboxylic acids is 1. The maximum Gasteiger partial charge on any atom is 0.322 e. The predicted molar refractivity (Wildman–Crippen MR) is 89.3 cm³/mol. The molecule has 0 aromatic carbocycles. The summed E-state index contributed by atoms with van der Waals surface area (Å²) in [6.45, 7) is 6.46. The number of rotatable bonds is 9. The van der Waals surface area contributed by atoms with Crippen LogP contribution in [-0.2, 0) is 19.1 Å². The fourth-order valence-electron chi connectivity index (χ4n) is 4.11. The molecule has 138 valence electrons. The first-order chi connectivity index (χ1) is 11.1. The minimum Gasteiger partial charge on any atom is -0.481 e. The summed E-state index contributed by atoms with van der Waals surface area (Å²) in [6, 6.07) is -1.85. The molecule has 4 unspecified atom stereocenters. The Bertz CT molecular complexity index is 466. The molecule has 4 N–H and O–H groups in total. The maximum absolute atomic E-state index is 11.7. The molecule has 24 heavy (non-hydrogen) atoms. The van der Waals surface area contributed by atoms with E-state index in [-0.39, 0.29) is 23.8 Å². The van der Waals surface area contributed by atoms with Crippen LogP contribution in [0.1, 0.15) is 46.5 Å². The Balaban J connectivity index is 2.99. The number of esters is 1. The van der Waals surface area contributed by atoms with Crippen molar-refractivity contribution >= 4 is 18.2 Å². The summed E-state index contributed by atoms with van der Waals surface area (Å²) in [5, 5.41) is 12.1. The molecular formula is C17H30N2O5. The molecule has 0 spiro atoms. The minimum atomic E-state index is -1.05. The number of carboxylic acid groups (broad SMARTS) is 1. The molecule has 0 aromatic rings. The molecule has 1 fully saturated rings. The second-order valence-corrected chi connectivity index (χ2v) is 7.51. The number of nitrogens with two attached hydrogens (primary N) is 1. The van der Waals surface area contributed by atoms with E-state index in [1.165, 1.54) is 7.11 Å². The predicted octanol–water partition coefficient (Wildman–Crippen LogP) is 0.950. The molecule has 0 amide bonds. The van der Waals surface area contributed by atoms with Crippen molar-refractivity contribution in [3.63, 3.8) is 0 Å². The summed E-state index contributed by atoms with van der Waals surface area (Å²) in [5.41, 5.74) is 5.95. The SMILES string of the molecule is COC(=O)C(N)CC(N[C@H](C=O)CC(=O)O)C1C(C)CCC1(C)C. The van der Waals surface area contributed by atoms with Crippen LogP contribution in [0.5, 0.6) is 0 Å². The lowest BCUT2D eigenvalue weighted by atomic mass is 9.72. The van der Waals surface area contributed by atoms with Crippen LogP contribution in [0.3, 0.4) is 0 Å². The van der Waals surface area contributed by atoms with E-state index < -0.39 is 24.0 Å². The molecule has 7 heteroatoms. The van der Waals surface area contributed by atoms with Crippen LogP contribution in [-0.4, -0.2) is 48.6 Å². The Morgan fingerprint density at radius 3 is 2.50 bits per heavy atom. The molecule has 1 rings (SSSR count). The number of hydrogen-bond acceptors (Lipinski definition) is 6. The van der Waals surface area contributed by atoms with Crippen molar-refractivity contribution in [1.82, 2.24) is 5.32 Å². The Labute approximate surface area is 143 Å². The van der Waals surface area contributed by atoms with Gasteiger partial charge in [-0.25, -0.2) is 0 Å². The number of carbonyl (C=O) groups is 3. The summed E-state index contributed by atoms with van der Waals surface area (Å²) in [5.74, 6) is -0.982.